The van der Waals surface area contributed by atoms with Gasteiger partial charge in [0.25, 0.3) is 0 Å². The predicted octanol–water partition coefficient (Wildman–Crippen LogP) is 1.01. The highest BCUT2D eigenvalue weighted by molar-refractivity contribution is 7.91. The summed E-state index contributed by atoms with van der Waals surface area (Å²) >= 11 is 0. The highest BCUT2D eigenvalue weighted by atomic mass is 32.2. The molecule has 5 nitrogen and oxygen atoms in total. The molecule has 2 N–H and O–H groups in total. The van der Waals surface area contributed by atoms with E-state index in [-0.39, 0.29) is 17.4 Å². The highest BCUT2D eigenvalue weighted by Gasteiger charge is 2.35. The fraction of sp³-hybridized carbons (Fsp3) is 0.545. The summed E-state index contributed by atoms with van der Waals surface area (Å²) in [6.07, 6.45) is 2.54. The van der Waals surface area contributed by atoms with Crippen LogP contribution in [0.4, 0.5) is 0 Å². The van der Waals surface area contributed by atoms with Crippen molar-refractivity contribution in [3.8, 4) is 0 Å². The molecule has 94 valence electrons. The second kappa shape index (κ2) is 4.52. The molecule has 1 unspecified atom stereocenters. The minimum Gasteiger partial charge on any atom is -0.481 e. The first kappa shape index (κ1) is 12.2. The molecule has 1 aromatic heterocycles. The second-order valence-corrected chi connectivity index (χ2v) is 6.73. The van der Waals surface area contributed by atoms with Gasteiger partial charge < -0.3 is 10.1 Å². The number of hydrogen-bond donors (Lipinski definition) is 2. The lowest BCUT2D eigenvalue weighted by Gasteiger charge is -2.26. The maximum atomic E-state index is 11.3. The number of carbonyl (C=O) groups is 1. The smallest absolute Gasteiger partial charge is 0.312 e. The molecule has 1 aromatic rings. The largest absolute Gasteiger partial charge is 0.481 e. The van der Waals surface area contributed by atoms with Gasteiger partial charge in [-0.2, -0.15) is 0 Å². The average Bonchev–Trinajstić information content (AvgIpc) is 2.74. The van der Waals surface area contributed by atoms with Crippen molar-refractivity contribution in [1.82, 2.24) is 4.98 Å². The lowest BCUT2D eigenvalue weighted by atomic mass is 9.85. The molecular formula is C11H15NO4S. The lowest BCUT2D eigenvalue weighted by Crippen LogP contribution is -2.30. The third kappa shape index (κ3) is 2.69. The number of aromatic amines is 1. The molecule has 0 spiro atoms. The number of hydrogen-bond acceptors (Lipinski definition) is 3. The van der Waals surface area contributed by atoms with Gasteiger partial charge in [-0.05, 0) is 30.9 Å². The Bertz CT molecular complexity index is 478. The number of sulfone groups is 1. The van der Waals surface area contributed by atoms with Gasteiger partial charge in [0.05, 0.1) is 17.4 Å². The molecule has 2 rings (SSSR count). The monoisotopic (exact) mass is 257 g/mol. The van der Waals surface area contributed by atoms with Crippen molar-refractivity contribution >= 4 is 15.8 Å². The number of nitrogens with one attached hydrogen (secondary N) is 1. The van der Waals surface area contributed by atoms with Crippen molar-refractivity contribution in [2.24, 2.45) is 5.92 Å². The van der Waals surface area contributed by atoms with E-state index in [1.54, 1.807) is 18.3 Å². The molecule has 6 heteroatoms. The number of aromatic nitrogens is 1. The van der Waals surface area contributed by atoms with Crippen LogP contribution in [0.1, 0.15) is 24.5 Å². The van der Waals surface area contributed by atoms with Gasteiger partial charge >= 0.3 is 5.97 Å². The van der Waals surface area contributed by atoms with Gasteiger partial charge in [0.2, 0.25) is 0 Å². The van der Waals surface area contributed by atoms with E-state index >= 15 is 0 Å². The van der Waals surface area contributed by atoms with Gasteiger partial charge in [-0.25, -0.2) is 8.42 Å². The fourth-order valence-corrected chi connectivity index (χ4v) is 3.90. The summed E-state index contributed by atoms with van der Waals surface area (Å²) in [7, 11) is -2.95. The molecule has 1 saturated heterocycles. The molecule has 0 saturated carbocycles. The second-order valence-electron chi connectivity index (χ2n) is 4.43. The maximum absolute atomic E-state index is 11.3. The fourth-order valence-electron chi connectivity index (χ4n) is 2.37. The molecule has 0 aromatic carbocycles. The van der Waals surface area contributed by atoms with Crippen LogP contribution in [0.25, 0.3) is 0 Å². The summed E-state index contributed by atoms with van der Waals surface area (Å²) in [4.78, 5) is 14.2. The number of rotatable bonds is 3. The molecular weight excluding hydrogens is 242 g/mol. The lowest BCUT2D eigenvalue weighted by molar-refractivity contribution is -0.140. The minimum atomic E-state index is -2.95. The van der Waals surface area contributed by atoms with Crippen molar-refractivity contribution < 1.29 is 18.3 Å². The summed E-state index contributed by atoms with van der Waals surface area (Å²) < 4.78 is 22.6. The zero-order valence-corrected chi connectivity index (χ0v) is 10.1. The van der Waals surface area contributed by atoms with Crippen molar-refractivity contribution in [1.29, 1.82) is 0 Å². The van der Waals surface area contributed by atoms with Crippen molar-refractivity contribution in [2.75, 3.05) is 11.5 Å². The van der Waals surface area contributed by atoms with E-state index in [2.05, 4.69) is 4.98 Å². The Balaban J connectivity index is 2.17. The molecule has 0 amide bonds. The first-order valence-corrected chi connectivity index (χ1v) is 7.38. The van der Waals surface area contributed by atoms with E-state index in [1.165, 1.54) is 0 Å². The molecule has 1 aliphatic heterocycles. The van der Waals surface area contributed by atoms with E-state index in [0.717, 1.165) is 0 Å². The summed E-state index contributed by atoms with van der Waals surface area (Å²) in [5.74, 6) is -1.42. The minimum absolute atomic E-state index is 0.0994. The van der Waals surface area contributed by atoms with Crippen LogP contribution in [-0.2, 0) is 14.6 Å². The molecule has 1 fully saturated rings. The molecule has 1 atom stereocenters. The van der Waals surface area contributed by atoms with E-state index in [9.17, 15) is 18.3 Å². The summed E-state index contributed by atoms with van der Waals surface area (Å²) in [5.41, 5.74) is 0.654. The Labute approximate surface area is 99.8 Å². The molecule has 0 radical (unpaired) electrons. The van der Waals surface area contributed by atoms with E-state index in [4.69, 9.17) is 0 Å². The van der Waals surface area contributed by atoms with Crippen LogP contribution < -0.4 is 0 Å². The molecule has 0 aliphatic carbocycles. The van der Waals surface area contributed by atoms with Gasteiger partial charge in [0.15, 0.2) is 0 Å². The summed E-state index contributed by atoms with van der Waals surface area (Å²) in [5, 5.41) is 9.26. The van der Waals surface area contributed by atoms with Gasteiger partial charge in [-0.1, -0.05) is 0 Å². The topological polar surface area (TPSA) is 87.2 Å². The number of carboxylic acids is 1. The zero-order chi connectivity index (χ0) is 12.5. The highest BCUT2D eigenvalue weighted by Crippen LogP contribution is 2.32. The van der Waals surface area contributed by atoms with Crippen LogP contribution in [-0.4, -0.2) is 36.0 Å². The van der Waals surface area contributed by atoms with Crippen LogP contribution >= 0.6 is 0 Å². The Morgan fingerprint density at radius 1 is 1.41 bits per heavy atom. The number of aliphatic carboxylic acids is 1. The predicted molar refractivity (Wildman–Crippen MR) is 62.5 cm³/mol. The van der Waals surface area contributed by atoms with Crippen molar-refractivity contribution in [3.63, 3.8) is 0 Å². The zero-order valence-electron chi connectivity index (χ0n) is 9.30. The summed E-state index contributed by atoms with van der Waals surface area (Å²) in [6.45, 7) is 0. The summed E-state index contributed by atoms with van der Waals surface area (Å²) in [6, 6.07) is 3.49. The molecule has 2 heterocycles. The standard InChI is InChI=1S/C11H15NO4S/c13-11(14)10(9-2-1-5-12-9)8-3-6-17(15,16)7-4-8/h1-2,5,8,10,12H,3-4,6-7H2,(H,13,14). The SMILES string of the molecule is O=C(O)C(c1ccc[nH]1)C1CCS(=O)(=O)CC1. The normalized spacial score (nSPS) is 22.1. The Morgan fingerprint density at radius 3 is 2.53 bits per heavy atom. The Hall–Kier alpha value is -1.30. The quantitative estimate of drug-likeness (QED) is 0.846. The van der Waals surface area contributed by atoms with Crippen molar-refractivity contribution in [3.05, 3.63) is 24.0 Å². The van der Waals surface area contributed by atoms with Gasteiger partial charge in [0.1, 0.15) is 9.84 Å². The molecule has 0 bridgehead atoms. The first-order chi connectivity index (χ1) is 7.99. The third-order valence-corrected chi connectivity index (χ3v) is 5.01. The van der Waals surface area contributed by atoms with Gasteiger partial charge in [-0.15, -0.1) is 0 Å². The molecule has 17 heavy (non-hydrogen) atoms. The van der Waals surface area contributed by atoms with Gasteiger partial charge in [-0.3, -0.25) is 4.79 Å². The maximum Gasteiger partial charge on any atom is 0.312 e. The van der Waals surface area contributed by atoms with E-state index < -0.39 is 21.7 Å². The Kier molecular flexibility index (Phi) is 3.24. The van der Waals surface area contributed by atoms with Crippen LogP contribution in [0.3, 0.4) is 0 Å². The average molecular weight is 257 g/mol. The van der Waals surface area contributed by atoms with Crippen LogP contribution in [0.5, 0.6) is 0 Å². The Morgan fingerprint density at radius 2 is 2.06 bits per heavy atom. The van der Waals surface area contributed by atoms with Gasteiger partial charge in [0, 0.05) is 11.9 Å². The van der Waals surface area contributed by atoms with Crippen LogP contribution in [0.2, 0.25) is 0 Å². The number of H-pyrrole nitrogens is 1. The van der Waals surface area contributed by atoms with E-state index in [0.29, 0.717) is 18.5 Å². The van der Waals surface area contributed by atoms with Crippen LogP contribution in [0.15, 0.2) is 18.3 Å². The third-order valence-electron chi connectivity index (χ3n) is 3.29. The first-order valence-electron chi connectivity index (χ1n) is 5.56. The van der Waals surface area contributed by atoms with E-state index in [1.807, 2.05) is 0 Å². The van der Waals surface area contributed by atoms with Crippen molar-refractivity contribution in [2.45, 2.75) is 18.8 Å². The molecule has 1 aliphatic rings. The van der Waals surface area contributed by atoms with Crippen LogP contribution in [0, 0.1) is 5.92 Å². The number of carboxylic acid groups (broad SMARTS) is 1.